The average Bonchev–Trinajstić information content (AvgIpc) is 2.57. The van der Waals surface area contributed by atoms with Crippen LogP contribution in [0.2, 0.25) is 0 Å². The van der Waals surface area contributed by atoms with Gasteiger partial charge in [0.2, 0.25) is 0 Å². The molecule has 0 aromatic heterocycles. The fraction of sp³-hybridized carbons (Fsp3) is 0.368. The maximum atomic E-state index is 12.7. The van der Waals surface area contributed by atoms with Gasteiger partial charge < -0.3 is 9.64 Å². The highest BCUT2D eigenvalue weighted by atomic mass is 35.5. The van der Waals surface area contributed by atoms with E-state index >= 15 is 0 Å². The third-order valence-corrected chi connectivity index (χ3v) is 4.45. The number of likely N-dealkylation sites (N-methyl/N-ethyl adjacent to an activating group) is 1. The summed E-state index contributed by atoms with van der Waals surface area (Å²) in [6, 6.07) is 15.1. The van der Waals surface area contributed by atoms with Gasteiger partial charge in [0.15, 0.2) is 0 Å². The van der Waals surface area contributed by atoms with Crippen molar-refractivity contribution in [1.29, 1.82) is 0 Å². The molecular weight excluding hydrogens is 351 g/mol. The summed E-state index contributed by atoms with van der Waals surface area (Å²) >= 11 is 0. The molecule has 2 nitrogen and oxygen atoms in total. The Bertz CT molecular complexity index is 661. The molecule has 0 aliphatic carbocycles. The van der Waals surface area contributed by atoms with E-state index in [0.29, 0.717) is 5.75 Å². The second kappa shape index (κ2) is 8.11. The molecule has 1 fully saturated rings. The van der Waals surface area contributed by atoms with Gasteiger partial charge in [0.25, 0.3) is 0 Å². The van der Waals surface area contributed by atoms with E-state index < -0.39 is 11.7 Å². The lowest BCUT2D eigenvalue weighted by Gasteiger charge is -2.37. The number of ether oxygens (including phenoxy) is 1. The van der Waals surface area contributed by atoms with Crippen LogP contribution < -0.4 is 4.74 Å². The second-order valence-corrected chi connectivity index (χ2v) is 6.25. The molecule has 2 atom stereocenters. The third-order valence-electron chi connectivity index (χ3n) is 4.45. The van der Waals surface area contributed by atoms with E-state index in [1.54, 1.807) is 0 Å². The first-order chi connectivity index (χ1) is 11.4. The van der Waals surface area contributed by atoms with Crippen LogP contribution in [0.5, 0.6) is 5.75 Å². The molecule has 0 saturated carbocycles. The van der Waals surface area contributed by atoms with Crippen LogP contribution in [0.25, 0.3) is 0 Å². The molecule has 3 rings (SSSR count). The van der Waals surface area contributed by atoms with E-state index in [-0.39, 0.29) is 24.4 Å². The third kappa shape index (κ3) is 4.89. The lowest BCUT2D eigenvalue weighted by molar-refractivity contribution is -0.137. The molecule has 0 unspecified atom stereocenters. The fourth-order valence-corrected chi connectivity index (χ4v) is 3.15. The number of halogens is 4. The smallest absolute Gasteiger partial charge is 0.416 e. The molecule has 25 heavy (non-hydrogen) atoms. The van der Waals surface area contributed by atoms with Crippen LogP contribution in [0.4, 0.5) is 13.2 Å². The summed E-state index contributed by atoms with van der Waals surface area (Å²) in [6.45, 7) is 1.78. The summed E-state index contributed by atoms with van der Waals surface area (Å²) in [6.07, 6.45) is -3.52. The van der Waals surface area contributed by atoms with Gasteiger partial charge in [-0.05, 0) is 43.3 Å². The van der Waals surface area contributed by atoms with Gasteiger partial charge in [0.05, 0.1) is 5.56 Å². The van der Waals surface area contributed by atoms with E-state index in [4.69, 9.17) is 4.74 Å². The number of piperidine rings is 1. The molecule has 136 valence electrons. The molecule has 2 aromatic carbocycles. The summed E-state index contributed by atoms with van der Waals surface area (Å²) in [5.74, 6) is 0.686. The van der Waals surface area contributed by atoms with Crippen LogP contribution in [0.3, 0.4) is 0 Å². The molecule has 1 saturated heterocycles. The molecule has 1 aliphatic heterocycles. The maximum Gasteiger partial charge on any atom is 0.416 e. The minimum atomic E-state index is -4.32. The SMILES string of the molecule is CN1CC[C@@H](Oc2ccc(C(F)(F)F)cc2)[C@@H](c2ccccc2)C1.Cl. The normalized spacial score (nSPS) is 21.4. The highest BCUT2D eigenvalue weighted by Crippen LogP contribution is 2.33. The van der Waals surface area contributed by atoms with Crippen LogP contribution in [0.15, 0.2) is 54.6 Å². The van der Waals surface area contributed by atoms with Gasteiger partial charge in [0, 0.05) is 19.0 Å². The maximum absolute atomic E-state index is 12.7. The lowest BCUT2D eigenvalue weighted by atomic mass is 9.88. The van der Waals surface area contributed by atoms with Crippen LogP contribution in [-0.4, -0.2) is 31.1 Å². The van der Waals surface area contributed by atoms with Crippen molar-refractivity contribution in [2.45, 2.75) is 24.6 Å². The molecule has 6 heteroatoms. The first-order valence-electron chi connectivity index (χ1n) is 8.01. The minimum absolute atomic E-state index is 0. The minimum Gasteiger partial charge on any atom is -0.490 e. The predicted octanol–water partition coefficient (Wildman–Crippen LogP) is 4.99. The number of alkyl halides is 3. The molecule has 0 N–H and O–H groups in total. The topological polar surface area (TPSA) is 12.5 Å². The van der Waals surface area contributed by atoms with E-state index in [9.17, 15) is 13.2 Å². The Morgan fingerprint density at radius 1 is 1.00 bits per heavy atom. The molecule has 0 bridgehead atoms. The van der Waals surface area contributed by atoms with Gasteiger partial charge in [-0.25, -0.2) is 0 Å². The Hall–Kier alpha value is -1.72. The number of benzene rings is 2. The molecule has 0 radical (unpaired) electrons. The van der Waals surface area contributed by atoms with Crippen molar-refractivity contribution >= 4 is 12.4 Å². The van der Waals surface area contributed by atoms with Crippen LogP contribution in [-0.2, 0) is 6.18 Å². The molecule has 0 amide bonds. The number of hydrogen-bond donors (Lipinski definition) is 0. The Balaban J connectivity index is 0.00000225. The number of likely N-dealkylation sites (tertiary alicyclic amines) is 1. The van der Waals surface area contributed by atoms with Crippen molar-refractivity contribution in [2.24, 2.45) is 0 Å². The van der Waals surface area contributed by atoms with Gasteiger partial charge in [-0.3, -0.25) is 0 Å². The zero-order valence-corrected chi connectivity index (χ0v) is 14.7. The largest absolute Gasteiger partial charge is 0.490 e. The Morgan fingerprint density at radius 3 is 2.24 bits per heavy atom. The summed E-state index contributed by atoms with van der Waals surface area (Å²) in [7, 11) is 2.07. The summed E-state index contributed by atoms with van der Waals surface area (Å²) in [5, 5.41) is 0. The molecule has 0 spiro atoms. The van der Waals surface area contributed by atoms with Gasteiger partial charge >= 0.3 is 6.18 Å². The van der Waals surface area contributed by atoms with Crippen molar-refractivity contribution in [3.63, 3.8) is 0 Å². The van der Waals surface area contributed by atoms with Gasteiger partial charge in [-0.15, -0.1) is 12.4 Å². The van der Waals surface area contributed by atoms with Gasteiger partial charge in [0.1, 0.15) is 11.9 Å². The molecule has 1 aliphatic rings. The van der Waals surface area contributed by atoms with Crippen molar-refractivity contribution in [1.82, 2.24) is 4.90 Å². The fourth-order valence-electron chi connectivity index (χ4n) is 3.15. The Labute approximate surface area is 152 Å². The highest BCUT2D eigenvalue weighted by Gasteiger charge is 2.32. The van der Waals surface area contributed by atoms with E-state index in [1.165, 1.54) is 17.7 Å². The first-order valence-corrected chi connectivity index (χ1v) is 8.01. The van der Waals surface area contributed by atoms with E-state index in [1.807, 2.05) is 18.2 Å². The summed E-state index contributed by atoms with van der Waals surface area (Å²) < 4.78 is 44.0. The molecule has 1 heterocycles. The second-order valence-electron chi connectivity index (χ2n) is 6.25. The molecular formula is C19H21ClF3NO. The zero-order chi connectivity index (χ0) is 17.2. The quantitative estimate of drug-likeness (QED) is 0.753. The molecule has 2 aromatic rings. The van der Waals surface area contributed by atoms with E-state index in [2.05, 4.69) is 24.1 Å². The number of nitrogens with zero attached hydrogens (tertiary/aromatic N) is 1. The summed E-state index contributed by atoms with van der Waals surface area (Å²) in [4.78, 5) is 2.25. The van der Waals surface area contributed by atoms with Crippen molar-refractivity contribution in [3.8, 4) is 5.75 Å². The first kappa shape index (κ1) is 19.6. The average molecular weight is 372 g/mol. The Morgan fingerprint density at radius 2 is 1.64 bits per heavy atom. The van der Waals surface area contributed by atoms with Crippen molar-refractivity contribution < 1.29 is 17.9 Å². The van der Waals surface area contributed by atoms with Crippen molar-refractivity contribution in [2.75, 3.05) is 20.1 Å². The van der Waals surface area contributed by atoms with Gasteiger partial charge in [-0.1, -0.05) is 30.3 Å². The predicted molar refractivity (Wildman–Crippen MR) is 94.4 cm³/mol. The Kier molecular flexibility index (Phi) is 6.36. The summed E-state index contributed by atoms with van der Waals surface area (Å²) in [5.41, 5.74) is 0.541. The van der Waals surface area contributed by atoms with Crippen LogP contribution >= 0.6 is 12.4 Å². The highest BCUT2D eigenvalue weighted by molar-refractivity contribution is 5.85. The monoisotopic (exact) mass is 371 g/mol. The number of hydrogen-bond acceptors (Lipinski definition) is 2. The van der Waals surface area contributed by atoms with Crippen LogP contribution in [0, 0.1) is 0 Å². The lowest BCUT2D eigenvalue weighted by Crippen LogP contribution is -2.42. The number of rotatable bonds is 3. The van der Waals surface area contributed by atoms with Crippen molar-refractivity contribution in [3.05, 3.63) is 65.7 Å². The van der Waals surface area contributed by atoms with Gasteiger partial charge in [-0.2, -0.15) is 13.2 Å². The zero-order valence-electron chi connectivity index (χ0n) is 13.9. The van der Waals surface area contributed by atoms with E-state index in [0.717, 1.165) is 31.6 Å². The standard InChI is InChI=1S/C19H20F3NO.ClH/c1-23-12-11-18(17(13-23)14-5-3-2-4-6-14)24-16-9-7-15(8-10-16)19(20,21)22;/h2-10,17-18H,11-13H2,1H3;1H/t17-,18-;/m1./s1. The van der Waals surface area contributed by atoms with Crippen LogP contribution in [0.1, 0.15) is 23.5 Å².